The molecule has 1 aliphatic heterocycles. The van der Waals surface area contributed by atoms with Crippen LogP contribution in [-0.4, -0.2) is 45.8 Å². The van der Waals surface area contributed by atoms with Crippen LogP contribution in [0.5, 0.6) is 5.75 Å². The fraction of sp³-hybridized carbons (Fsp3) is 0.348. The number of carbonyl (C=O) groups is 1. The van der Waals surface area contributed by atoms with Gasteiger partial charge < -0.3 is 9.64 Å². The van der Waals surface area contributed by atoms with Gasteiger partial charge in [0.2, 0.25) is 5.91 Å². The van der Waals surface area contributed by atoms with Crippen LogP contribution in [0.1, 0.15) is 26.2 Å². The zero-order chi connectivity index (χ0) is 20.9. The van der Waals surface area contributed by atoms with E-state index in [1.165, 1.54) is 18.2 Å². The van der Waals surface area contributed by atoms with E-state index in [0.717, 1.165) is 31.7 Å². The van der Waals surface area contributed by atoms with Crippen molar-refractivity contribution in [2.24, 2.45) is 0 Å². The number of hydrogen-bond donors (Lipinski definition) is 0. The van der Waals surface area contributed by atoms with Crippen LogP contribution in [-0.2, 0) is 4.79 Å². The van der Waals surface area contributed by atoms with E-state index in [2.05, 4.69) is 0 Å². The second-order valence-electron chi connectivity index (χ2n) is 7.21. The number of rotatable bonds is 6. The summed E-state index contributed by atoms with van der Waals surface area (Å²) < 4.78 is 7.10. The first-order chi connectivity index (χ1) is 14.7. The summed E-state index contributed by atoms with van der Waals surface area (Å²) in [5.41, 5.74) is 1.20. The lowest BCUT2D eigenvalue weighted by atomic mass is 10.1. The summed E-state index contributed by atoms with van der Waals surface area (Å²) in [7, 11) is 0. The highest BCUT2D eigenvalue weighted by Gasteiger charge is 2.19. The van der Waals surface area contributed by atoms with Crippen LogP contribution in [0.15, 0.2) is 58.5 Å². The molecule has 0 saturated carbocycles. The van der Waals surface area contributed by atoms with Gasteiger partial charge in [-0.05, 0) is 62.6 Å². The largest absolute Gasteiger partial charge is 0.494 e. The minimum absolute atomic E-state index is 0.0975. The van der Waals surface area contributed by atoms with Crippen LogP contribution in [0.25, 0.3) is 16.6 Å². The zero-order valence-electron chi connectivity index (χ0n) is 17.0. The van der Waals surface area contributed by atoms with E-state index in [0.29, 0.717) is 28.4 Å². The van der Waals surface area contributed by atoms with Crippen molar-refractivity contribution >= 4 is 28.6 Å². The number of aromatic nitrogens is 2. The Morgan fingerprint density at radius 1 is 1.07 bits per heavy atom. The Balaban J connectivity index is 1.69. The smallest absolute Gasteiger partial charge is 0.266 e. The van der Waals surface area contributed by atoms with Crippen LogP contribution in [0.2, 0.25) is 0 Å². The number of para-hydroxylation sites is 1. The second kappa shape index (κ2) is 9.34. The first-order valence-electron chi connectivity index (χ1n) is 10.3. The van der Waals surface area contributed by atoms with Crippen molar-refractivity contribution in [1.82, 2.24) is 14.5 Å². The van der Waals surface area contributed by atoms with E-state index in [1.807, 2.05) is 54.3 Å². The molecule has 0 atom stereocenters. The van der Waals surface area contributed by atoms with Gasteiger partial charge in [0.25, 0.3) is 5.56 Å². The molecule has 0 aliphatic carbocycles. The van der Waals surface area contributed by atoms with Gasteiger partial charge in [-0.15, -0.1) is 0 Å². The fourth-order valence-corrected chi connectivity index (χ4v) is 4.57. The lowest BCUT2D eigenvalue weighted by Crippen LogP contribution is -2.36. The first kappa shape index (κ1) is 20.5. The molecule has 0 bridgehead atoms. The summed E-state index contributed by atoms with van der Waals surface area (Å²) in [6, 6.07) is 14.7. The van der Waals surface area contributed by atoms with E-state index in [4.69, 9.17) is 9.72 Å². The number of amides is 1. The van der Waals surface area contributed by atoms with Crippen molar-refractivity contribution in [3.05, 3.63) is 58.9 Å². The van der Waals surface area contributed by atoms with Crippen LogP contribution >= 0.6 is 11.8 Å². The van der Waals surface area contributed by atoms with E-state index in [1.54, 1.807) is 10.6 Å². The number of likely N-dealkylation sites (tertiary alicyclic amines) is 1. The van der Waals surface area contributed by atoms with Crippen LogP contribution in [0, 0.1) is 0 Å². The normalized spacial score (nSPS) is 14.1. The number of nitrogens with zero attached hydrogens (tertiary/aromatic N) is 3. The molecule has 2 aromatic carbocycles. The Bertz CT molecular complexity index is 1090. The molecule has 0 N–H and O–H groups in total. The Labute approximate surface area is 179 Å². The molecule has 156 valence electrons. The molecular weight excluding hydrogens is 398 g/mol. The highest BCUT2D eigenvalue weighted by atomic mass is 32.2. The monoisotopic (exact) mass is 423 g/mol. The van der Waals surface area contributed by atoms with E-state index in [9.17, 15) is 9.59 Å². The van der Waals surface area contributed by atoms with Gasteiger partial charge in [-0.1, -0.05) is 23.9 Å². The van der Waals surface area contributed by atoms with Crippen molar-refractivity contribution in [3.8, 4) is 11.4 Å². The molecule has 4 rings (SSSR count). The van der Waals surface area contributed by atoms with Crippen molar-refractivity contribution in [2.45, 2.75) is 31.3 Å². The SMILES string of the molecule is CCOc1ccc(-n2c(SCC(=O)N3CCCCC3)nc3ccccc3c2=O)cc1. The third-order valence-electron chi connectivity index (χ3n) is 5.18. The molecule has 1 fully saturated rings. The predicted molar refractivity (Wildman–Crippen MR) is 120 cm³/mol. The van der Waals surface area contributed by atoms with Gasteiger partial charge in [0, 0.05) is 13.1 Å². The summed E-state index contributed by atoms with van der Waals surface area (Å²) in [6.45, 7) is 4.14. The summed E-state index contributed by atoms with van der Waals surface area (Å²) in [5, 5.41) is 1.08. The fourth-order valence-electron chi connectivity index (χ4n) is 3.66. The number of thioether (sulfide) groups is 1. The lowest BCUT2D eigenvalue weighted by Gasteiger charge is -2.26. The molecule has 0 spiro atoms. The van der Waals surface area contributed by atoms with Gasteiger partial charge >= 0.3 is 0 Å². The number of hydrogen-bond acceptors (Lipinski definition) is 5. The van der Waals surface area contributed by atoms with Crippen molar-refractivity contribution in [1.29, 1.82) is 0 Å². The number of fused-ring (bicyclic) bond motifs is 1. The molecule has 3 aromatic rings. The standard InChI is InChI=1S/C23H25N3O3S/c1-2-29-18-12-10-17(11-13-18)26-22(28)19-8-4-5-9-20(19)24-23(26)30-16-21(27)25-14-6-3-7-15-25/h4-5,8-13H,2-3,6-7,14-16H2,1H3. The molecule has 0 radical (unpaired) electrons. The molecule has 30 heavy (non-hydrogen) atoms. The van der Waals surface area contributed by atoms with Gasteiger partial charge in [-0.3, -0.25) is 14.2 Å². The molecular formula is C23H25N3O3S. The van der Waals surface area contributed by atoms with Gasteiger partial charge in [0.1, 0.15) is 5.75 Å². The number of ether oxygens (including phenoxy) is 1. The molecule has 6 nitrogen and oxygen atoms in total. The minimum Gasteiger partial charge on any atom is -0.494 e. The Hall–Kier alpha value is -2.80. The van der Waals surface area contributed by atoms with Crippen molar-refractivity contribution < 1.29 is 9.53 Å². The van der Waals surface area contributed by atoms with Crippen LogP contribution in [0.4, 0.5) is 0 Å². The first-order valence-corrected chi connectivity index (χ1v) is 11.3. The summed E-state index contributed by atoms with van der Waals surface area (Å²) in [5.74, 6) is 1.11. The molecule has 2 heterocycles. The van der Waals surface area contributed by atoms with Gasteiger partial charge in [-0.2, -0.15) is 0 Å². The molecule has 1 aromatic heterocycles. The third kappa shape index (κ3) is 4.36. The molecule has 7 heteroatoms. The van der Waals surface area contributed by atoms with Gasteiger partial charge in [-0.25, -0.2) is 4.98 Å². The van der Waals surface area contributed by atoms with E-state index in [-0.39, 0.29) is 17.2 Å². The van der Waals surface area contributed by atoms with Crippen LogP contribution in [0.3, 0.4) is 0 Å². The minimum atomic E-state index is -0.141. The van der Waals surface area contributed by atoms with E-state index >= 15 is 0 Å². The maximum absolute atomic E-state index is 13.3. The third-order valence-corrected chi connectivity index (χ3v) is 6.11. The maximum Gasteiger partial charge on any atom is 0.266 e. The quantitative estimate of drug-likeness (QED) is 0.445. The summed E-state index contributed by atoms with van der Waals surface area (Å²) >= 11 is 1.32. The Morgan fingerprint density at radius 2 is 1.80 bits per heavy atom. The molecule has 1 saturated heterocycles. The number of benzene rings is 2. The number of carbonyl (C=O) groups excluding carboxylic acids is 1. The lowest BCUT2D eigenvalue weighted by molar-refractivity contribution is -0.129. The molecule has 1 aliphatic rings. The van der Waals surface area contributed by atoms with Crippen LogP contribution < -0.4 is 10.3 Å². The van der Waals surface area contributed by atoms with E-state index < -0.39 is 0 Å². The average molecular weight is 424 g/mol. The predicted octanol–water partition coefficient (Wildman–Crippen LogP) is 3.89. The van der Waals surface area contributed by atoms with Gasteiger partial charge in [0.15, 0.2) is 5.16 Å². The number of piperidine rings is 1. The highest BCUT2D eigenvalue weighted by molar-refractivity contribution is 7.99. The van der Waals surface area contributed by atoms with Crippen molar-refractivity contribution in [2.75, 3.05) is 25.4 Å². The topological polar surface area (TPSA) is 64.4 Å². The Kier molecular flexibility index (Phi) is 6.38. The average Bonchev–Trinajstić information content (AvgIpc) is 2.79. The molecule has 1 amide bonds. The second-order valence-corrected chi connectivity index (χ2v) is 8.15. The summed E-state index contributed by atoms with van der Waals surface area (Å²) in [4.78, 5) is 32.6. The Morgan fingerprint density at radius 3 is 2.53 bits per heavy atom. The molecule has 0 unspecified atom stereocenters. The zero-order valence-corrected chi connectivity index (χ0v) is 17.9. The van der Waals surface area contributed by atoms with Gasteiger partial charge in [0.05, 0.1) is 29.0 Å². The van der Waals surface area contributed by atoms with Crippen molar-refractivity contribution in [3.63, 3.8) is 0 Å². The summed E-state index contributed by atoms with van der Waals surface area (Å²) in [6.07, 6.45) is 3.30. The highest BCUT2D eigenvalue weighted by Crippen LogP contribution is 2.23. The maximum atomic E-state index is 13.3.